The van der Waals surface area contributed by atoms with Gasteiger partial charge in [-0.25, -0.2) is 4.68 Å². The van der Waals surface area contributed by atoms with Gasteiger partial charge in [-0.05, 0) is 36.8 Å². The van der Waals surface area contributed by atoms with Gasteiger partial charge in [0.05, 0.1) is 37.2 Å². The van der Waals surface area contributed by atoms with Crippen LogP contribution in [0.15, 0.2) is 79.0 Å². The summed E-state index contributed by atoms with van der Waals surface area (Å²) >= 11 is 0. The van der Waals surface area contributed by atoms with E-state index in [1.165, 1.54) is 5.56 Å². The van der Waals surface area contributed by atoms with E-state index in [1.54, 1.807) is 20.4 Å². The van der Waals surface area contributed by atoms with Gasteiger partial charge in [-0.2, -0.15) is 15.1 Å². The number of methoxy groups -OCH3 is 2. The van der Waals surface area contributed by atoms with Gasteiger partial charge in [-0.3, -0.25) is 0 Å². The summed E-state index contributed by atoms with van der Waals surface area (Å²) in [5, 5.41) is 12.1. The zero-order chi connectivity index (χ0) is 24.2. The summed E-state index contributed by atoms with van der Waals surface area (Å²) in [6, 6.07) is 23.8. The van der Waals surface area contributed by atoms with Crippen molar-refractivity contribution < 1.29 is 9.47 Å². The van der Waals surface area contributed by atoms with Crippen molar-refractivity contribution in [2.45, 2.75) is 13.5 Å². The van der Waals surface area contributed by atoms with Crippen LogP contribution in [0.3, 0.4) is 0 Å². The van der Waals surface area contributed by atoms with Gasteiger partial charge >= 0.3 is 0 Å². The Morgan fingerprint density at radius 1 is 0.886 bits per heavy atom. The molecule has 2 N–H and O–H groups in total. The number of anilines is 3. The van der Waals surface area contributed by atoms with Crippen molar-refractivity contribution in [2.75, 3.05) is 24.9 Å². The van der Waals surface area contributed by atoms with E-state index < -0.39 is 0 Å². The molecule has 8 heteroatoms. The molecule has 176 valence electrons. The highest BCUT2D eigenvalue weighted by atomic mass is 16.5. The molecule has 0 fully saturated rings. The highest BCUT2D eigenvalue weighted by Crippen LogP contribution is 2.34. The first-order valence-corrected chi connectivity index (χ1v) is 11.2. The van der Waals surface area contributed by atoms with E-state index in [-0.39, 0.29) is 0 Å². The second-order valence-corrected chi connectivity index (χ2v) is 8.06. The monoisotopic (exact) mass is 466 g/mol. The summed E-state index contributed by atoms with van der Waals surface area (Å²) in [4.78, 5) is 9.59. The van der Waals surface area contributed by atoms with E-state index in [0.717, 1.165) is 22.3 Å². The minimum Gasteiger partial charge on any atom is -0.497 e. The molecule has 2 aromatic heterocycles. The van der Waals surface area contributed by atoms with E-state index in [0.29, 0.717) is 35.5 Å². The van der Waals surface area contributed by atoms with Gasteiger partial charge in [-0.1, -0.05) is 48.0 Å². The minimum atomic E-state index is 0.486. The fourth-order valence-electron chi connectivity index (χ4n) is 3.77. The first-order valence-electron chi connectivity index (χ1n) is 11.2. The maximum atomic E-state index is 5.55. The van der Waals surface area contributed by atoms with Crippen LogP contribution in [0.25, 0.3) is 16.7 Å². The van der Waals surface area contributed by atoms with E-state index >= 15 is 0 Å². The number of aromatic nitrogens is 4. The van der Waals surface area contributed by atoms with Crippen molar-refractivity contribution in [3.05, 3.63) is 90.1 Å². The number of nitrogens with one attached hydrogen (secondary N) is 2. The van der Waals surface area contributed by atoms with Crippen molar-refractivity contribution in [1.82, 2.24) is 19.7 Å². The summed E-state index contributed by atoms with van der Waals surface area (Å²) < 4.78 is 12.8. The van der Waals surface area contributed by atoms with Crippen molar-refractivity contribution in [2.24, 2.45) is 0 Å². The molecule has 0 aliphatic carbocycles. The minimum absolute atomic E-state index is 0.486. The van der Waals surface area contributed by atoms with Gasteiger partial charge in [0.1, 0.15) is 17.3 Å². The molecule has 3 aromatic carbocycles. The van der Waals surface area contributed by atoms with Crippen LogP contribution >= 0.6 is 0 Å². The van der Waals surface area contributed by atoms with E-state index in [4.69, 9.17) is 19.4 Å². The molecule has 0 amide bonds. The van der Waals surface area contributed by atoms with Crippen molar-refractivity contribution >= 4 is 28.5 Å². The predicted molar refractivity (Wildman–Crippen MR) is 138 cm³/mol. The first-order chi connectivity index (χ1) is 17.1. The van der Waals surface area contributed by atoms with Gasteiger partial charge in [0.25, 0.3) is 0 Å². The van der Waals surface area contributed by atoms with Crippen LogP contribution in [0.2, 0.25) is 0 Å². The lowest BCUT2D eigenvalue weighted by Gasteiger charge is -2.14. The summed E-state index contributed by atoms with van der Waals surface area (Å²) in [6.07, 6.45) is 1.76. The Kier molecular flexibility index (Phi) is 6.17. The molecule has 0 spiro atoms. The zero-order valence-corrected chi connectivity index (χ0v) is 19.8. The molecule has 5 aromatic rings. The Hall–Kier alpha value is -4.59. The number of para-hydroxylation sites is 1. The lowest BCUT2D eigenvalue weighted by Crippen LogP contribution is -2.07. The molecule has 0 unspecified atom stereocenters. The van der Waals surface area contributed by atoms with Crippen LogP contribution in [0.1, 0.15) is 11.1 Å². The van der Waals surface area contributed by atoms with Crippen LogP contribution in [0.5, 0.6) is 11.5 Å². The van der Waals surface area contributed by atoms with Gasteiger partial charge in [-0.15, -0.1) is 0 Å². The third-order valence-electron chi connectivity index (χ3n) is 5.66. The summed E-state index contributed by atoms with van der Waals surface area (Å²) in [7, 11) is 3.26. The summed E-state index contributed by atoms with van der Waals surface area (Å²) in [5.74, 6) is 2.47. The second-order valence-electron chi connectivity index (χ2n) is 8.06. The van der Waals surface area contributed by atoms with Crippen LogP contribution in [-0.4, -0.2) is 34.0 Å². The number of ether oxygens (including phenoxy) is 2. The number of hydrogen-bond donors (Lipinski definition) is 2. The molecule has 5 rings (SSSR count). The van der Waals surface area contributed by atoms with Gasteiger partial charge in [0.15, 0.2) is 5.65 Å². The summed E-state index contributed by atoms with van der Waals surface area (Å²) in [6.45, 7) is 2.66. The second kappa shape index (κ2) is 9.72. The van der Waals surface area contributed by atoms with Gasteiger partial charge in [0.2, 0.25) is 5.95 Å². The zero-order valence-electron chi connectivity index (χ0n) is 19.8. The molecule has 0 bridgehead atoms. The molecular formula is C27H26N6O2. The SMILES string of the molecule is COc1ccc(OC)c(Nc2nc(NCc3ccc(C)cc3)nc3c2cnn3-c2ccccc2)c1. The lowest BCUT2D eigenvalue weighted by molar-refractivity contribution is 0.405. The maximum absolute atomic E-state index is 5.55. The Bertz CT molecular complexity index is 1450. The van der Waals surface area contributed by atoms with E-state index in [2.05, 4.69) is 46.9 Å². The predicted octanol–water partition coefficient (Wildman–Crippen LogP) is 5.50. The maximum Gasteiger partial charge on any atom is 0.227 e. The van der Waals surface area contributed by atoms with E-state index in [1.807, 2.05) is 53.2 Å². The molecule has 0 aliphatic rings. The molecule has 0 saturated carbocycles. The fourth-order valence-corrected chi connectivity index (χ4v) is 3.77. The number of hydrogen-bond acceptors (Lipinski definition) is 7. The Morgan fingerprint density at radius 2 is 1.69 bits per heavy atom. The summed E-state index contributed by atoms with van der Waals surface area (Å²) in [5.41, 5.74) is 4.68. The van der Waals surface area contributed by atoms with Crippen LogP contribution < -0.4 is 20.1 Å². The molecule has 8 nitrogen and oxygen atoms in total. The molecule has 2 heterocycles. The molecular weight excluding hydrogens is 440 g/mol. The number of rotatable bonds is 8. The van der Waals surface area contributed by atoms with Gasteiger partial charge < -0.3 is 20.1 Å². The van der Waals surface area contributed by atoms with Gasteiger partial charge in [0, 0.05) is 12.6 Å². The van der Waals surface area contributed by atoms with Crippen LogP contribution in [0.4, 0.5) is 17.5 Å². The molecule has 0 saturated heterocycles. The lowest BCUT2D eigenvalue weighted by atomic mass is 10.1. The Morgan fingerprint density at radius 3 is 2.43 bits per heavy atom. The third-order valence-corrected chi connectivity index (χ3v) is 5.66. The normalized spacial score (nSPS) is 10.8. The van der Waals surface area contributed by atoms with E-state index in [9.17, 15) is 0 Å². The van der Waals surface area contributed by atoms with Crippen LogP contribution in [-0.2, 0) is 6.54 Å². The van der Waals surface area contributed by atoms with Crippen molar-refractivity contribution in [3.63, 3.8) is 0 Å². The number of benzene rings is 3. The molecule has 0 aliphatic heterocycles. The number of aryl methyl sites for hydroxylation is 1. The van der Waals surface area contributed by atoms with Crippen molar-refractivity contribution in [1.29, 1.82) is 0 Å². The van der Waals surface area contributed by atoms with Crippen LogP contribution in [0, 0.1) is 6.92 Å². The smallest absolute Gasteiger partial charge is 0.227 e. The highest BCUT2D eigenvalue weighted by molar-refractivity contribution is 5.91. The Labute approximate surface area is 203 Å². The number of fused-ring (bicyclic) bond motifs is 1. The fraction of sp³-hybridized carbons (Fsp3) is 0.148. The largest absolute Gasteiger partial charge is 0.497 e. The highest BCUT2D eigenvalue weighted by Gasteiger charge is 2.16. The average Bonchev–Trinajstić information content (AvgIpc) is 3.33. The Balaban J connectivity index is 1.57. The average molecular weight is 467 g/mol. The number of nitrogens with zero attached hydrogens (tertiary/aromatic N) is 4. The topological polar surface area (TPSA) is 86.1 Å². The first kappa shape index (κ1) is 22.2. The van der Waals surface area contributed by atoms with Crippen molar-refractivity contribution in [3.8, 4) is 17.2 Å². The quantitative estimate of drug-likeness (QED) is 0.312. The standard InChI is InChI=1S/C27H26N6O2/c1-18-9-11-19(12-10-18)16-28-27-31-25(30-23-15-21(34-2)13-14-24(23)35-3)22-17-29-33(26(22)32-27)20-7-5-4-6-8-20/h4-15,17H,16H2,1-3H3,(H2,28,30,31,32). The third kappa shape index (κ3) is 4.72. The molecule has 0 radical (unpaired) electrons. The molecule has 35 heavy (non-hydrogen) atoms. The molecule has 0 atom stereocenters.